The second-order valence-corrected chi connectivity index (χ2v) is 3.63. The molecule has 1 amide bonds. The van der Waals surface area contributed by atoms with Crippen molar-refractivity contribution in [2.75, 3.05) is 7.05 Å². The molecule has 18 heavy (non-hydrogen) atoms. The fourth-order valence-corrected chi connectivity index (χ4v) is 1.40. The van der Waals surface area contributed by atoms with Gasteiger partial charge in [-0.05, 0) is 11.3 Å². The number of tetrazole rings is 1. The number of aromatic amines is 1. The normalized spacial score (nSPS) is 10.4. The number of hydrogen-bond donors (Lipinski definition) is 1. The topological polar surface area (TPSA) is 74.8 Å². The second kappa shape index (κ2) is 4.86. The maximum Gasteiger partial charge on any atom is 0.295 e. The van der Waals surface area contributed by atoms with Gasteiger partial charge in [-0.3, -0.25) is 4.79 Å². The summed E-state index contributed by atoms with van der Waals surface area (Å²) in [6, 6.07) is 3.18. The van der Waals surface area contributed by atoms with Crippen molar-refractivity contribution < 1.29 is 13.6 Å². The minimum Gasteiger partial charge on any atom is -0.334 e. The maximum atomic E-state index is 13.4. The third-order valence-corrected chi connectivity index (χ3v) is 2.31. The highest BCUT2D eigenvalue weighted by atomic mass is 19.1. The van der Waals surface area contributed by atoms with Crippen LogP contribution in [0.5, 0.6) is 0 Å². The van der Waals surface area contributed by atoms with Crippen LogP contribution in [-0.2, 0) is 6.54 Å². The smallest absolute Gasteiger partial charge is 0.295 e. The first kappa shape index (κ1) is 12.1. The molecule has 0 bridgehead atoms. The average Bonchev–Trinajstić information content (AvgIpc) is 2.85. The van der Waals surface area contributed by atoms with Crippen molar-refractivity contribution in [3.8, 4) is 0 Å². The zero-order valence-corrected chi connectivity index (χ0v) is 9.39. The number of carbonyl (C=O) groups is 1. The van der Waals surface area contributed by atoms with Crippen molar-refractivity contribution in [3.63, 3.8) is 0 Å². The van der Waals surface area contributed by atoms with E-state index in [1.54, 1.807) is 0 Å². The Labute approximate surface area is 101 Å². The standard InChI is InChI=1S/C10H9F2N5O/c1-17(10(18)9-13-15-16-14-9)5-6-2-3-7(11)4-8(6)12/h2-4H,5H2,1H3,(H,13,14,15,16). The van der Waals surface area contributed by atoms with Gasteiger partial charge in [-0.1, -0.05) is 6.07 Å². The number of nitrogens with zero attached hydrogens (tertiary/aromatic N) is 4. The summed E-state index contributed by atoms with van der Waals surface area (Å²) < 4.78 is 26.1. The summed E-state index contributed by atoms with van der Waals surface area (Å²) in [7, 11) is 1.46. The van der Waals surface area contributed by atoms with Crippen molar-refractivity contribution in [1.29, 1.82) is 0 Å². The lowest BCUT2D eigenvalue weighted by molar-refractivity contribution is 0.0772. The largest absolute Gasteiger partial charge is 0.334 e. The Balaban J connectivity index is 2.11. The van der Waals surface area contributed by atoms with E-state index in [9.17, 15) is 13.6 Å². The van der Waals surface area contributed by atoms with E-state index < -0.39 is 17.5 Å². The van der Waals surface area contributed by atoms with Crippen LogP contribution in [-0.4, -0.2) is 38.5 Å². The second-order valence-electron chi connectivity index (χ2n) is 3.63. The third kappa shape index (κ3) is 2.47. The zero-order valence-electron chi connectivity index (χ0n) is 9.39. The summed E-state index contributed by atoms with van der Waals surface area (Å²) in [5, 5.41) is 12.4. The lowest BCUT2D eigenvalue weighted by atomic mass is 10.2. The van der Waals surface area contributed by atoms with Crippen LogP contribution in [0.15, 0.2) is 18.2 Å². The number of carbonyl (C=O) groups excluding carboxylic acids is 1. The van der Waals surface area contributed by atoms with Gasteiger partial charge in [0.25, 0.3) is 11.7 Å². The summed E-state index contributed by atoms with van der Waals surface area (Å²) in [4.78, 5) is 12.9. The van der Waals surface area contributed by atoms with Crippen molar-refractivity contribution >= 4 is 5.91 Å². The molecule has 2 rings (SSSR count). The third-order valence-electron chi connectivity index (χ3n) is 2.31. The van der Waals surface area contributed by atoms with Crippen LogP contribution in [0.25, 0.3) is 0 Å². The molecule has 94 valence electrons. The van der Waals surface area contributed by atoms with Gasteiger partial charge < -0.3 is 4.90 Å². The van der Waals surface area contributed by atoms with Gasteiger partial charge in [0.15, 0.2) is 0 Å². The molecule has 8 heteroatoms. The molecule has 2 aromatic rings. The summed E-state index contributed by atoms with van der Waals surface area (Å²) in [5.41, 5.74) is 0.204. The van der Waals surface area contributed by atoms with E-state index in [4.69, 9.17) is 0 Å². The molecule has 1 aromatic carbocycles. The molecule has 0 saturated heterocycles. The Hall–Kier alpha value is -2.38. The Morgan fingerprint density at radius 3 is 2.83 bits per heavy atom. The molecule has 0 unspecified atom stereocenters. The van der Waals surface area contributed by atoms with Gasteiger partial charge in [0, 0.05) is 25.2 Å². The minimum atomic E-state index is -0.706. The molecule has 6 nitrogen and oxygen atoms in total. The molecule has 0 aliphatic rings. The van der Waals surface area contributed by atoms with Gasteiger partial charge in [-0.15, -0.1) is 10.2 Å². The number of amides is 1. The first-order chi connectivity index (χ1) is 8.58. The van der Waals surface area contributed by atoms with Gasteiger partial charge in [-0.2, -0.15) is 5.21 Å². The maximum absolute atomic E-state index is 13.4. The fourth-order valence-electron chi connectivity index (χ4n) is 1.40. The SMILES string of the molecule is CN(Cc1ccc(F)cc1F)C(=O)c1nn[nH]n1. The van der Waals surface area contributed by atoms with Crippen molar-refractivity contribution in [2.24, 2.45) is 0 Å². The van der Waals surface area contributed by atoms with E-state index in [0.29, 0.717) is 0 Å². The van der Waals surface area contributed by atoms with E-state index in [0.717, 1.165) is 12.1 Å². The van der Waals surface area contributed by atoms with Gasteiger partial charge in [0.05, 0.1) is 0 Å². The average molecular weight is 253 g/mol. The van der Waals surface area contributed by atoms with Gasteiger partial charge >= 0.3 is 0 Å². The number of nitrogens with one attached hydrogen (secondary N) is 1. The Bertz CT molecular complexity index is 557. The van der Waals surface area contributed by atoms with Crippen LogP contribution >= 0.6 is 0 Å². The highest BCUT2D eigenvalue weighted by molar-refractivity contribution is 5.89. The van der Waals surface area contributed by atoms with Crippen LogP contribution in [0, 0.1) is 11.6 Å². The van der Waals surface area contributed by atoms with E-state index in [1.807, 2.05) is 0 Å². The predicted octanol–water partition coefficient (Wildman–Crippen LogP) is 0.750. The Morgan fingerprint density at radius 1 is 1.44 bits per heavy atom. The molecule has 0 fully saturated rings. The van der Waals surface area contributed by atoms with Gasteiger partial charge in [0.1, 0.15) is 11.6 Å². The zero-order chi connectivity index (χ0) is 13.1. The molecule has 1 heterocycles. The number of rotatable bonds is 3. The van der Waals surface area contributed by atoms with Crippen LogP contribution in [0.3, 0.4) is 0 Å². The molecular weight excluding hydrogens is 244 g/mol. The van der Waals surface area contributed by atoms with Crippen LogP contribution in [0.2, 0.25) is 0 Å². The van der Waals surface area contributed by atoms with E-state index in [1.165, 1.54) is 18.0 Å². The summed E-state index contributed by atoms with van der Waals surface area (Å²) >= 11 is 0. The van der Waals surface area contributed by atoms with Gasteiger partial charge in [-0.25, -0.2) is 8.78 Å². The lowest BCUT2D eigenvalue weighted by Crippen LogP contribution is -2.27. The van der Waals surface area contributed by atoms with Gasteiger partial charge in [0.2, 0.25) is 0 Å². The molecule has 1 N–H and O–H groups in total. The molecule has 1 aromatic heterocycles. The van der Waals surface area contributed by atoms with E-state index in [-0.39, 0.29) is 17.9 Å². The molecule has 0 aliphatic carbocycles. The molecule has 0 radical (unpaired) electrons. The highest BCUT2D eigenvalue weighted by Gasteiger charge is 2.17. The summed E-state index contributed by atoms with van der Waals surface area (Å²) in [5.74, 6) is -1.99. The number of H-pyrrole nitrogens is 1. The molecular formula is C10H9F2N5O. The number of aromatic nitrogens is 4. The van der Waals surface area contributed by atoms with Crippen LogP contribution in [0.1, 0.15) is 16.2 Å². The Morgan fingerprint density at radius 2 is 2.22 bits per heavy atom. The molecule has 0 atom stereocenters. The minimum absolute atomic E-state index is 0.0144. The van der Waals surface area contributed by atoms with Crippen LogP contribution < -0.4 is 0 Å². The molecule has 0 saturated carbocycles. The quantitative estimate of drug-likeness (QED) is 0.875. The number of hydrogen-bond acceptors (Lipinski definition) is 4. The van der Waals surface area contributed by atoms with E-state index >= 15 is 0 Å². The summed E-state index contributed by atoms with van der Waals surface area (Å²) in [6.07, 6.45) is 0. The number of halogens is 2. The molecule has 0 spiro atoms. The van der Waals surface area contributed by atoms with Crippen molar-refractivity contribution in [2.45, 2.75) is 6.54 Å². The molecule has 0 aliphatic heterocycles. The number of benzene rings is 1. The highest BCUT2D eigenvalue weighted by Crippen LogP contribution is 2.12. The lowest BCUT2D eigenvalue weighted by Gasteiger charge is -2.15. The first-order valence-electron chi connectivity index (χ1n) is 5.01. The monoisotopic (exact) mass is 253 g/mol. The van der Waals surface area contributed by atoms with Crippen molar-refractivity contribution in [1.82, 2.24) is 25.5 Å². The van der Waals surface area contributed by atoms with E-state index in [2.05, 4.69) is 20.6 Å². The predicted molar refractivity (Wildman–Crippen MR) is 56.3 cm³/mol. The van der Waals surface area contributed by atoms with Crippen molar-refractivity contribution in [3.05, 3.63) is 41.2 Å². The fraction of sp³-hybridized carbons (Fsp3) is 0.200. The Kier molecular flexibility index (Phi) is 3.26. The first-order valence-corrected chi connectivity index (χ1v) is 5.01. The summed E-state index contributed by atoms with van der Waals surface area (Å²) in [6.45, 7) is -0.0144. The van der Waals surface area contributed by atoms with Crippen LogP contribution in [0.4, 0.5) is 8.78 Å².